The van der Waals surface area contributed by atoms with Crippen LogP contribution in [0.25, 0.3) is 88.7 Å². The van der Waals surface area contributed by atoms with Gasteiger partial charge in [0.15, 0.2) is 0 Å². The Morgan fingerprint density at radius 2 is 0.987 bits per heavy atom. The predicted octanol–water partition coefficient (Wildman–Crippen LogP) is 18.6. The molecule has 0 aliphatic carbocycles. The van der Waals surface area contributed by atoms with Gasteiger partial charge in [-0.15, -0.1) is 0 Å². The highest BCUT2D eigenvalue weighted by molar-refractivity contribution is 7.00. The van der Waals surface area contributed by atoms with Crippen LogP contribution in [0.3, 0.4) is 0 Å². The first-order valence-corrected chi connectivity index (χ1v) is 27.7. The van der Waals surface area contributed by atoms with Crippen molar-refractivity contribution in [2.24, 2.45) is 0 Å². The first-order valence-electron chi connectivity index (χ1n) is 27.7. The molecule has 0 saturated carbocycles. The lowest BCUT2D eigenvalue weighted by Crippen LogP contribution is -2.60. The number of nitrogens with zero attached hydrogens (tertiary/aromatic N) is 1. The molecule has 0 radical (unpaired) electrons. The second-order valence-corrected chi connectivity index (χ2v) is 22.3. The maximum Gasteiger partial charge on any atom is 0.252 e. The van der Waals surface area contributed by atoms with Gasteiger partial charge in [-0.1, -0.05) is 228 Å². The summed E-state index contributed by atoms with van der Waals surface area (Å²) in [6.45, 7) is 9.19. The van der Waals surface area contributed by atoms with E-state index < -0.39 is 0 Å². The number of unbranched alkanes of at least 4 members (excludes halogenated alkanes) is 1. The number of para-hydroxylation sites is 1. The van der Waals surface area contributed by atoms with Gasteiger partial charge < -0.3 is 14.6 Å². The van der Waals surface area contributed by atoms with Gasteiger partial charge in [-0.3, -0.25) is 0 Å². The van der Waals surface area contributed by atoms with Crippen LogP contribution in [-0.4, -0.2) is 6.71 Å². The molecule has 3 nitrogen and oxygen atoms in total. The molecular formula is C74H59BN2O. The fourth-order valence-electron chi connectivity index (χ4n) is 12.5. The molecule has 2 aliphatic heterocycles. The van der Waals surface area contributed by atoms with Gasteiger partial charge in [0.1, 0.15) is 11.2 Å². The monoisotopic (exact) mass is 1000 g/mol. The molecule has 0 bridgehead atoms. The molecule has 11 aromatic carbocycles. The van der Waals surface area contributed by atoms with E-state index in [-0.39, 0.29) is 12.1 Å². The molecule has 4 heteroatoms. The molecule has 1 aromatic heterocycles. The van der Waals surface area contributed by atoms with Gasteiger partial charge in [-0.05, 0) is 139 Å². The van der Waals surface area contributed by atoms with Crippen LogP contribution in [0.5, 0.6) is 0 Å². The van der Waals surface area contributed by atoms with Gasteiger partial charge >= 0.3 is 0 Å². The Hall–Kier alpha value is -9.12. The third-order valence-corrected chi connectivity index (χ3v) is 16.4. The van der Waals surface area contributed by atoms with Gasteiger partial charge in [0, 0.05) is 55.8 Å². The van der Waals surface area contributed by atoms with Crippen LogP contribution < -0.4 is 26.6 Å². The number of hydrogen-bond acceptors (Lipinski definition) is 3. The van der Waals surface area contributed by atoms with Gasteiger partial charge in [-0.25, -0.2) is 0 Å². The van der Waals surface area contributed by atoms with Gasteiger partial charge in [-0.2, -0.15) is 0 Å². The largest absolute Gasteiger partial charge is 0.456 e. The van der Waals surface area contributed by atoms with Crippen LogP contribution in [0.2, 0.25) is 0 Å². The van der Waals surface area contributed by atoms with Gasteiger partial charge in [0.25, 0.3) is 6.71 Å². The van der Waals surface area contributed by atoms with E-state index in [2.05, 4.69) is 281 Å². The van der Waals surface area contributed by atoms with E-state index in [0.29, 0.717) is 0 Å². The number of anilines is 5. The summed E-state index contributed by atoms with van der Waals surface area (Å²) in [6, 6.07) is 90.0. The minimum absolute atomic E-state index is 0.143. The van der Waals surface area contributed by atoms with Crippen molar-refractivity contribution < 1.29 is 4.42 Å². The quantitative estimate of drug-likeness (QED) is 0.138. The normalized spacial score (nSPS) is 12.6. The summed E-state index contributed by atoms with van der Waals surface area (Å²) in [7, 11) is 0. The molecule has 0 atom stereocenters. The smallest absolute Gasteiger partial charge is 0.252 e. The Bertz CT molecular complexity index is 4180. The van der Waals surface area contributed by atoms with Crippen molar-refractivity contribution in [3.8, 4) is 66.8 Å². The maximum atomic E-state index is 6.92. The lowest BCUT2D eigenvalue weighted by molar-refractivity contribution is 0.591. The predicted molar refractivity (Wildman–Crippen MR) is 333 cm³/mol. The SMILES string of the molecule is CCCCc1c(-c2cc(-c3ccccc3)cc3c2Nc2cc(C(C)(C)C)cc4c2B3c2cc(-c3ccccc3)ccc2N4c2c(-c3ccccc3)cc(-c3ccccc3)cc2-c2ccccc2)ccc2c1oc1ccccc12. The Balaban J connectivity index is 1.11. The lowest BCUT2D eigenvalue weighted by Gasteiger charge is -2.43. The number of benzene rings is 11. The molecule has 12 aromatic rings. The molecule has 0 saturated heterocycles. The van der Waals surface area contributed by atoms with Crippen LogP contribution >= 0.6 is 0 Å². The third kappa shape index (κ3) is 8.05. The van der Waals surface area contributed by atoms with E-state index in [1.54, 1.807) is 0 Å². The van der Waals surface area contributed by atoms with E-state index in [1.807, 2.05) is 0 Å². The van der Waals surface area contributed by atoms with Crippen molar-refractivity contribution in [3.63, 3.8) is 0 Å². The van der Waals surface area contributed by atoms with E-state index >= 15 is 0 Å². The molecular weight excluding hydrogens is 944 g/mol. The van der Waals surface area contributed by atoms with Crippen molar-refractivity contribution in [1.29, 1.82) is 0 Å². The zero-order valence-corrected chi connectivity index (χ0v) is 44.6. The van der Waals surface area contributed by atoms with E-state index in [4.69, 9.17) is 4.42 Å². The average molecular weight is 1000 g/mol. The highest BCUT2D eigenvalue weighted by Crippen LogP contribution is 2.52. The number of furan rings is 1. The first-order chi connectivity index (χ1) is 38.3. The average Bonchev–Trinajstić information content (AvgIpc) is 4.01. The van der Waals surface area contributed by atoms with E-state index in [0.717, 1.165) is 69.7 Å². The van der Waals surface area contributed by atoms with Crippen molar-refractivity contribution >= 4 is 73.5 Å². The molecule has 78 heavy (non-hydrogen) atoms. The van der Waals surface area contributed by atoms with Crippen molar-refractivity contribution in [2.75, 3.05) is 10.2 Å². The zero-order chi connectivity index (χ0) is 52.5. The van der Waals surface area contributed by atoms with Gasteiger partial charge in [0.2, 0.25) is 0 Å². The van der Waals surface area contributed by atoms with Crippen LogP contribution in [-0.2, 0) is 11.8 Å². The molecule has 1 N–H and O–H groups in total. The van der Waals surface area contributed by atoms with Crippen molar-refractivity contribution in [3.05, 3.63) is 254 Å². The second-order valence-electron chi connectivity index (χ2n) is 22.3. The Morgan fingerprint density at radius 1 is 0.449 bits per heavy atom. The first kappa shape index (κ1) is 47.3. The number of rotatable bonds is 10. The zero-order valence-electron chi connectivity index (χ0n) is 44.6. The third-order valence-electron chi connectivity index (χ3n) is 16.4. The molecule has 3 heterocycles. The second kappa shape index (κ2) is 19.2. The summed E-state index contributed by atoms with van der Waals surface area (Å²) in [5.41, 5.74) is 28.0. The molecule has 0 spiro atoms. The van der Waals surface area contributed by atoms with Crippen LogP contribution in [0.15, 0.2) is 247 Å². The minimum atomic E-state index is -0.187. The van der Waals surface area contributed by atoms with Crippen LogP contribution in [0.1, 0.15) is 51.7 Å². The molecule has 0 unspecified atom stereocenters. The highest BCUT2D eigenvalue weighted by atomic mass is 16.3. The molecule has 0 amide bonds. The van der Waals surface area contributed by atoms with E-state index in [1.165, 1.54) is 94.2 Å². The van der Waals surface area contributed by atoms with Crippen molar-refractivity contribution in [2.45, 2.75) is 52.4 Å². The van der Waals surface area contributed by atoms with Crippen molar-refractivity contribution in [1.82, 2.24) is 0 Å². The Labute approximate surface area is 458 Å². The topological polar surface area (TPSA) is 28.4 Å². The Kier molecular flexibility index (Phi) is 11.6. The number of nitrogens with one attached hydrogen (secondary N) is 1. The summed E-state index contributed by atoms with van der Waals surface area (Å²) in [6.07, 6.45) is 3.03. The molecule has 2 aliphatic rings. The number of hydrogen-bond donors (Lipinski definition) is 1. The minimum Gasteiger partial charge on any atom is -0.456 e. The summed E-state index contributed by atoms with van der Waals surface area (Å²) in [5, 5.41) is 6.64. The fourth-order valence-corrected chi connectivity index (χ4v) is 12.5. The highest BCUT2D eigenvalue weighted by Gasteiger charge is 2.44. The summed E-state index contributed by atoms with van der Waals surface area (Å²) >= 11 is 0. The molecule has 0 fully saturated rings. The van der Waals surface area contributed by atoms with Crippen LogP contribution in [0.4, 0.5) is 28.4 Å². The fraction of sp³-hybridized carbons (Fsp3) is 0.108. The lowest BCUT2D eigenvalue weighted by atomic mass is 9.33. The van der Waals surface area contributed by atoms with Gasteiger partial charge in [0.05, 0.1) is 5.69 Å². The summed E-state index contributed by atoms with van der Waals surface area (Å²) < 4.78 is 6.92. The Morgan fingerprint density at radius 3 is 1.59 bits per heavy atom. The molecule has 374 valence electrons. The van der Waals surface area contributed by atoms with E-state index in [9.17, 15) is 0 Å². The summed E-state index contributed by atoms with van der Waals surface area (Å²) in [5.74, 6) is 0. The standard InChI is InChI=1S/C74H59BN2O/c1-5-6-34-59-57(38-39-60-58-35-22-23-36-69(58)78-73(59)60)63-43-55(50-28-16-9-17-29-50)45-65-71(63)76-66-46-56(74(2,3)4)47-68-70(66)75(65)64-44-53(48-24-12-7-13-25-48)37-40-67(64)77(68)72-61(51-30-18-10-19-31-51)41-54(49-26-14-8-15-27-49)42-62(72)52-32-20-11-21-33-52/h7-33,35-47,76H,5-6,34H2,1-4H3. The summed E-state index contributed by atoms with van der Waals surface area (Å²) in [4.78, 5) is 2.64. The molecule has 14 rings (SSSR count). The van der Waals surface area contributed by atoms with Crippen LogP contribution in [0, 0.1) is 0 Å². The maximum absolute atomic E-state index is 6.92. The number of fused-ring (bicyclic) bond motifs is 7. The number of aryl methyl sites for hydroxylation is 1.